The number of nitrogens with one attached hydrogen (secondary N) is 1. The van der Waals surface area contributed by atoms with E-state index < -0.39 is 34.1 Å². The molecule has 1 amide bonds. The van der Waals surface area contributed by atoms with E-state index in [4.69, 9.17) is 0 Å². The summed E-state index contributed by atoms with van der Waals surface area (Å²) in [6.45, 7) is 0.0460. The lowest BCUT2D eigenvalue weighted by molar-refractivity contribution is -0.274. The molecule has 1 heterocycles. The van der Waals surface area contributed by atoms with Crippen LogP contribution in [0.15, 0.2) is 48.5 Å². The van der Waals surface area contributed by atoms with Crippen molar-refractivity contribution in [2.24, 2.45) is 0 Å². The van der Waals surface area contributed by atoms with Gasteiger partial charge in [-0.25, -0.2) is 8.42 Å². The molecule has 3 rings (SSSR count). The summed E-state index contributed by atoms with van der Waals surface area (Å²) in [6.07, 6.45) is -3.68. The first-order valence-electron chi connectivity index (χ1n) is 8.23. The van der Waals surface area contributed by atoms with Crippen LogP contribution in [0.5, 0.6) is 5.75 Å². The molecule has 0 radical (unpaired) electrons. The third-order valence-corrected chi connectivity index (χ3v) is 5.50. The first-order chi connectivity index (χ1) is 13.0. The minimum atomic E-state index is -4.86. The Balaban J connectivity index is 1.83. The van der Waals surface area contributed by atoms with Gasteiger partial charge < -0.3 is 10.1 Å². The number of sulfonamides is 1. The zero-order valence-corrected chi connectivity index (χ0v) is 15.5. The fourth-order valence-corrected chi connectivity index (χ4v) is 4.07. The minimum absolute atomic E-state index is 0.0460. The molecule has 2 aromatic carbocycles. The fourth-order valence-electron chi connectivity index (χ4n) is 3.07. The number of nitrogens with zero attached hydrogens (tertiary/aromatic N) is 1. The Kier molecular flexibility index (Phi) is 5.35. The highest BCUT2D eigenvalue weighted by atomic mass is 32.2. The van der Waals surface area contributed by atoms with Crippen molar-refractivity contribution in [3.63, 3.8) is 0 Å². The summed E-state index contributed by atoms with van der Waals surface area (Å²) in [5, 5.41) is 2.48. The van der Waals surface area contributed by atoms with E-state index in [0.717, 1.165) is 33.8 Å². The lowest BCUT2D eigenvalue weighted by Gasteiger charge is -2.34. The molecule has 2 aromatic rings. The molecule has 1 aliphatic rings. The SMILES string of the molecule is CS(=O)(=O)N1Cc2ccccc2C[C@H]1C(=O)Nc1cccc(OC(F)(F)F)c1. The van der Waals surface area contributed by atoms with Gasteiger partial charge in [0.2, 0.25) is 15.9 Å². The molecule has 6 nitrogen and oxygen atoms in total. The third-order valence-electron chi connectivity index (χ3n) is 4.27. The molecule has 28 heavy (non-hydrogen) atoms. The molecule has 0 aliphatic carbocycles. The lowest BCUT2D eigenvalue weighted by atomic mass is 9.95. The van der Waals surface area contributed by atoms with E-state index in [9.17, 15) is 26.4 Å². The van der Waals surface area contributed by atoms with Gasteiger partial charge >= 0.3 is 6.36 Å². The van der Waals surface area contributed by atoms with Crippen LogP contribution >= 0.6 is 0 Å². The number of ether oxygens (including phenoxy) is 1. The van der Waals surface area contributed by atoms with E-state index in [1.165, 1.54) is 12.1 Å². The van der Waals surface area contributed by atoms with Gasteiger partial charge in [-0.15, -0.1) is 13.2 Å². The monoisotopic (exact) mass is 414 g/mol. The summed E-state index contributed by atoms with van der Waals surface area (Å²) in [5.41, 5.74) is 1.72. The number of halogens is 3. The van der Waals surface area contributed by atoms with Crippen molar-refractivity contribution in [1.82, 2.24) is 4.31 Å². The molecule has 10 heteroatoms. The van der Waals surface area contributed by atoms with Crippen LogP contribution in [0, 0.1) is 0 Å². The van der Waals surface area contributed by atoms with Crippen LogP contribution in [-0.2, 0) is 27.8 Å². The van der Waals surface area contributed by atoms with Crippen molar-refractivity contribution in [2.75, 3.05) is 11.6 Å². The first kappa shape index (κ1) is 20.2. The van der Waals surface area contributed by atoms with Gasteiger partial charge in [0.1, 0.15) is 11.8 Å². The molecule has 0 spiro atoms. The van der Waals surface area contributed by atoms with Gasteiger partial charge in [-0.2, -0.15) is 4.31 Å². The predicted octanol–water partition coefficient (Wildman–Crippen LogP) is 2.91. The molecule has 0 saturated carbocycles. The van der Waals surface area contributed by atoms with Gasteiger partial charge in [0.25, 0.3) is 0 Å². The highest BCUT2D eigenvalue weighted by Crippen LogP contribution is 2.28. The van der Waals surface area contributed by atoms with Crippen molar-refractivity contribution >= 4 is 21.6 Å². The molecule has 0 aromatic heterocycles. The van der Waals surface area contributed by atoms with Crippen molar-refractivity contribution in [3.05, 3.63) is 59.7 Å². The average molecular weight is 414 g/mol. The van der Waals surface area contributed by atoms with Crippen LogP contribution in [0.4, 0.5) is 18.9 Å². The molecule has 1 atom stereocenters. The number of alkyl halides is 3. The van der Waals surface area contributed by atoms with Crippen LogP contribution in [0.2, 0.25) is 0 Å². The highest BCUT2D eigenvalue weighted by molar-refractivity contribution is 7.88. The number of rotatable bonds is 4. The molecule has 150 valence electrons. The average Bonchev–Trinajstić information content (AvgIpc) is 2.58. The van der Waals surface area contributed by atoms with Crippen LogP contribution in [0.3, 0.4) is 0 Å². The second-order valence-corrected chi connectivity index (χ2v) is 8.30. The summed E-state index contributed by atoms with van der Waals surface area (Å²) in [4.78, 5) is 12.8. The Morgan fingerprint density at radius 1 is 1.14 bits per heavy atom. The Labute approximate surface area is 160 Å². The predicted molar refractivity (Wildman–Crippen MR) is 96.1 cm³/mol. The second kappa shape index (κ2) is 7.44. The maximum absolute atomic E-state index is 12.8. The number of hydrogen-bond donors (Lipinski definition) is 1. The van der Waals surface area contributed by atoms with E-state index in [-0.39, 0.29) is 18.7 Å². The van der Waals surface area contributed by atoms with Crippen molar-refractivity contribution in [1.29, 1.82) is 0 Å². The van der Waals surface area contributed by atoms with Gasteiger partial charge in [-0.1, -0.05) is 30.3 Å². The number of carbonyl (C=O) groups excluding carboxylic acids is 1. The maximum atomic E-state index is 12.8. The summed E-state index contributed by atoms with van der Waals surface area (Å²) < 4.78 is 66.4. The van der Waals surface area contributed by atoms with Crippen molar-refractivity contribution in [2.45, 2.75) is 25.4 Å². The number of benzene rings is 2. The molecule has 0 saturated heterocycles. The zero-order valence-electron chi connectivity index (χ0n) is 14.7. The van der Waals surface area contributed by atoms with Gasteiger partial charge in [0.15, 0.2) is 0 Å². The third kappa shape index (κ3) is 4.82. The number of anilines is 1. The standard InChI is InChI=1S/C18H17F3N2O4S/c1-28(25,26)23-11-13-6-3-2-5-12(13)9-16(23)17(24)22-14-7-4-8-15(10-14)27-18(19,20)21/h2-8,10,16H,9,11H2,1H3,(H,22,24)/t16-/m0/s1. The van der Waals surface area contributed by atoms with Gasteiger partial charge in [0, 0.05) is 18.3 Å². The van der Waals surface area contributed by atoms with Crippen LogP contribution in [0.1, 0.15) is 11.1 Å². The molecule has 0 fully saturated rings. The summed E-state index contributed by atoms with van der Waals surface area (Å²) in [5.74, 6) is -1.12. The number of hydrogen-bond acceptors (Lipinski definition) is 4. The van der Waals surface area contributed by atoms with Crippen LogP contribution < -0.4 is 10.1 Å². The Hall–Kier alpha value is -2.59. The quantitative estimate of drug-likeness (QED) is 0.835. The zero-order chi connectivity index (χ0) is 20.5. The van der Waals surface area contributed by atoms with E-state index in [0.29, 0.717) is 0 Å². The van der Waals surface area contributed by atoms with Gasteiger partial charge in [-0.05, 0) is 29.7 Å². The van der Waals surface area contributed by atoms with Gasteiger partial charge in [0.05, 0.1) is 6.26 Å². The summed E-state index contributed by atoms with van der Waals surface area (Å²) >= 11 is 0. The van der Waals surface area contributed by atoms with Crippen molar-refractivity contribution < 1.29 is 31.1 Å². The van der Waals surface area contributed by atoms with Crippen LogP contribution in [0.25, 0.3) is 0 Å². The van der Waals surface area contributed by atoms with E-state index in [2.05, 4.69) is 10.1 Å². The van der Waals surface area contributed by atoms with Gasteiger partial charge in [-0.3, -0.25) is 4.79 Å². The molecular weight excluding hydrogens is 397 g/mol. The van der Waals surface area contributed by atoms with E-state index >= 15 is 0 Å². The summed E-state index contributed by atoms with van der Waals surface area (Å²) in [7, 11) is -3.69. The number of fused-ring (bicyclic) bond motifs is 1. The van der Waals surface area contributed by atoms with Crippen LogP contribution in [-0.4, -0.2) is 37.3 Å². The topological polar surface area (TPSA) is 75.7 Å². The lowest BCUT2D eigenvalue weighted by Crippen LogP contribution is -2.50. The molecule has 1 N–H and O–H groups in total. The van der Waals surface area contributed by atoms with E-state index in [1.54, 1.807) is 18.2 Å². The summed E-state index contributed by atoms with van der Waals surface area (Å²) in [6, 6.07) is 11.0. The normalized spacial score (nSPS) is 17.6. The molecular formula is C18H17F3N2O4S. The molecule has 1 aliphatic heterocycles. The highest BCUT2D eigenvalue weighted by Gasteiger charge is 2.37. The largest absolute Gasteiger partial charge is 0.573 e. The van der Waals surface area contributed by atoms with E-state index in [1.807, 2.05) is 6.07 Å². The second-order valence-electron chi connectivity index (χ2n) is 6.36. The number of carbonyl (C=O) groups is 1. The molecule has 0 bridgehead atoms. The Bertz CT molecular complexity index is 992. The minimum Gasteiger partial charge on any atom is -0.406 e. The fraction of sp³-hybridized carbons (Fsp3) is 0.278. The smallest absolute Gasteiger partial charge is 0.406 e. The molecule has 0 unspecified atom stereocenters. The Morgan fingerprint density at radius 2 is 1.82 bits per heavy atom. The maximum Gasteiger partial charge on any atom is 0.573 e. The van der Waals surface area contributed by atoms with Crippen molar-refractivity contribution in [3.8, 4) is 5.75 Å². The Morgan fingerprint density at radius 3 is 2.46 bits per heavy atom. The number of amides is 1. The first-order valence-corrected chi connectivity index (χ1v) is 10.1.